The van der Waals surface area contributed by atoms with Gasteiger partial charge in [0.05, 0.1) is 35.9 Å². The summed E-state index contributed by atoms with van der Waals surface area (Å²) in [6, 6.07) is 67.6. The first-order valence-electron chi connectivity index (χ1n) is 32.2. The number of aromatic amines is 1. The molecule has 4 heterocycles. The Balaban J connectivity index is 1.07. The molecule has 376 valence electrons. The van der Waals surface area contributed by atoms with Crippen molar-refractivity contribution in [2.24, 2.45) is 0 Å². The lowest BCUT2D eigenvalue weighted by Crippen LogP contribution is -2.60. The van der Waals surface area contributed by atoms with Gasteiger partial charge in [-0.3, -0.25) is 0 Å². The lowest BCUT2D eigenvalue weighted by molar-refractivity contribution is 0.591. The lowest BCUT2D eigenvalue weighted by atomic mass is 9.33. The maximum absolute atomic E-state index is 9.44. The summed E-state index contributed by atoms with van der Waals surface area (Å²) in [7, 11) is 0. The third-order valence-electron chi connectivity index (χ3n) is 16.6. The molecule has 0 radical (unpaired) electrons. The van der Waals surface area contributed by atoms with E-state index in [9.17, 15) is 5.48 Å². The molecule has 0 saturated carbocycles. The van der Waals surface area contributed by atoms with Crippen molar-refractivity contribution in [3.8, 4) is 72.4 Å². The number of hydrogen-bond acceptors (Lipinski definition) is 1. The molecule has 0 aliphatic carbocycles. The maximum atomic E-state index is 9.44. The molecule has 2 aliphatic heterocycles. The highest BCUT2D eigenvalue weighted by molar-refractivity contribution is 7.00. The maximum Gasteiger partial charge on any atom is 0.252 e. The molecule has 3 nitrogen and oxygen atoms in total. The van der Waals surface area contributed by atoms with E-state index < -0.39 is 43.0 Å². The quantitative estimate of drug-likeness (QED) is 0.158. The molecule has 0 amide bonds. The second kappa shape index (κ2) is 17.8. The number of benzene rings is 12. The predicted octanol–water partition coefficient (Wildman–Crippen LogP) is 18.3. The van der Waals surface area contributed by atoms with Crippen molar-refractivity contribution in [3.05, 3.63) is 272 Å². The lowest BCUT2D eigenvalue weighted by Gasteiger charge is -2.41. The molecule has 0 unspecified atom stereocenters. The Labute approximate surface area is 480 Å². The molecule has 16 rings (SSSR count). The molecular weight excluding hydrogens is 966 g/mol. The summed E-state index contributed by atoms with van der Waals surface area (Å²) in [6.07, 6.45) is 0. The molecule has 1 N–H and O–H groups in total. The highest BCUT2D eigenvalue weighted by atomic mass is 15.2. The number of hydrogen-bond donors (Lipinski definition) is 1. The molecule has 0 spiro atoms. The van der Waals surface area contributed by atoms with Crippen molar-refractivity contribution in [1.29, 1.82) is 0 Å². The second-order valence-electron chi connectivity index (χ2n) is 22.1. The number of aromatic nitrogens is 2. The Hall–Kier alpha value is -9.90. The van der Waals surface area contributed by atoms with E-state index in [1.165, 1.54) is 0 Å². The van der Waals surface area contributed by atoms with Gasteiger partial charge in [-0.15, -0.1) is 0 Å². The Kier molecular flexibility index (Phi) is 8.25. The van der Waals surface area contributed by atoms with Gasteiger partial charge in [-0.1, -0.05) is 245 Å². The van der Waals surface area contributed by atoms with E-state index >= 15 is 0 Å². The van der Waals surface area contributed by atoms with Crippen LogP contribution in [0.2, 0.25) is 0 Å². The van der Waals surface area contributed by atoms with Gasteiger partial charge in [0.15, 0.2) is 0 Å². The minimum atomic E-state index is -0.585. The van der Waals surface area contributed by atoms with Crippen LogP contribution in [0.15, 0.2) is 267 Å². The van der Waals surface area contributed by atoms with Crippen LogP contribution in [0.1, 0.15) is 40.0 Å². The van der Waals surface area contributed by atoms with E-state index in [0.717, 1.165) is 127 Å². The minimum Gasteiger partial charge on any atom is -0.354 e. The van der Waals surface area contributed by atoms with Gasteiger partial charge in [0, 0.05) is 49.7 Å². The molecule has 4 heteroatoms. The summed E-state index contributed by atoms with van der Waals surface area (Å²) < 4.78 is 92.8. The summed E-state index contributed by atoms with van der Waals surface area (Å²) in [5.74, 6) is 0. The number of nitrogens with one attached hydrogen (secondary N) is 1. The smallest absolute Gasteiger partial charge is 0.252 e. The average molecular weight is 1030 g/mol. The van der Waals surface area contributed by atoms with Crippen molar-refractivity contribution in [2.45, 2.75) is 26.2 Å². The van der Waals surface area contributed by atoms with Crippen LogP contribution in [0.5, 0.6) is 0 Å². The second-order valence-corrected chi connectivity index (χ2v) is 22.1. The van der Waals surface area contributed by atoms with E-state index in [1.54, 1.807) is 0 Å². The van der Waals surface area contributed by atoms with Crippen LogP contribution in [0.4, 0.5) is 17.1 Å². The van der Waals surface area contributed by atoms with Gasteiger partial charge in [0.2, 0.25) is 0 Å². The normalized spacial score (nSPS) is 14.4. The SMILES string of the molecule is [2H]c1c([2H])c([2H])c(-c2ccc3c(c2)N(c2ccc(-c4ccccc4)cc2)c2c4c(cc5[nH]c6c(-c7ccccc7-c7ccccc7-c7ccccc7)cccc6c25)-n2c5ccc(C(C)(C)C)cc5c5cc(-c6c([2H])c([2H])c([2H])c([2H])c6[2H])cc(c52)B34)c([2H])c1[2H]. The zero-order valence-electron chi connectivity index (χ0n) is 54.1. The summed E-state index contributed by atoms with van der Waals surface area (Å²) in [5.41, 5.74) is 20.0. The topological polar surface area (TPSA) is 24.0 Å². The molecule has 80 heavy (non-hydrogen) atoms. The van der Waals surface area contributed by atoms with Gasteiger partial charge >= 0.3 is 0 Å². The average Bonchev–Trinajstić information content (AvgIpc) is 1.37. The van der Waals surface area contributed by atoms with E-state index in [4.69, 9.17) is 8.22 Å². The largest absolute Gasteiger partial charge is 0.354 e. The minimum absolute atomic E-state index is 0.0705. The molecule has 0 bridgehead atoms. The monoisotopic (exact) mass is 1030 g/mol. The van der Waals surface area contributed by atoms with Gasteiger partial charge in [-0.05, 0) is 131 Å². The standard InChI is InChI=1S/C76H54BN3/c1-76(2,3)55-38-42-68-63(46-55)64-43-54(50-25-12-6-13-26-50)44-66-74(64)80(68)70-47-67-71(62-34-20-33-61(73(62)78-67)60-32-19-18-31-59(60)58-30-17-16-29-57(58)52-27-14-7-15-28-52)75-72(70)77(66)65-41-37-53(49-23-10-5-11-24-49)45-69(65)79(75)56-39-35-51(36-40-56)48-21-8-4-9-22-48/h4-47,78H,1-3H3/i5D,6D,10D,11D,12D,13D,23D,24D,25D,26D. The summed E-state index contributed by atoms with van der Waals surface area (Å²) >= 11 is 0. The zero-order valence-corrected chi connectivity index (χ0v) is 44.1. The Morgan fingerprint density at radius 1 is 0.425 bits per heavy atom. The Bertz CT molecular complexity index is 5360. The van der Waals surface area contributed by atoms with Crippen LogP contribution in [-0.2, 0) is 5.41 Å². The fourth-order valence-corrected chi connectivity index (χ4v) is 13.0. The highest BCUT2D eigenvalue weighted by Crippen LogP contribution is 2.50. The predicted molar refractivity (Wildman–Crippen MR) is 341 cm³/mol. The summed E-state index contributed by atoms with van der Waals surface area (Å²) in [6.45, 7) is 5.98. The van der Waals surface area contributed by atoms with Crippen LogP contribution < -0.4 is 21.3 Å². The van der Waals surface area contributed by atoms with E-state index in [-0.39, 0.29) is 40.7 Å². The first-order chi connectivity index (χ1) is 43.5. The molecule has 14 aromatic rings. The van der Waals surface area contributed by atoms with Gasteiger partial charge in [-0.25, -0.2) is 0 Å². The first-order valence-corrected chi connectivity index (χ1v) is 27.2. The fourth-order valence-electron chi connectivity index (χ4n) is 13.0. The van der Waals surface area contributed by atoms with Crippen molar-refractivity contribution in [2.75, 3.05) is 4.90 Å². The van der Waals surface area contributed by atoms with Gasteiger partial charge in [0.1, 0.15) is 0 Å². The van der Waals surface area contributed by atoms with Crippen LogP contribution in [-0.4, -0.2) is 16.3 Å². The number of fused-ring (bicyclic) bond motifs is 11. The molecule has 2 aromatic heterocycles. The summed E-state index contributed by atoms with van der Waals surface area (Å²) in [4.78, 5) is 6.36. The van der Waals surface area contributed by atoms with Gasteiger partial charge in [-0.2, -0.15) is 0 Å². The number of H-pyrrole nitrogens is 1. The van der Waals surface area contributed by atoms with Crippen molar-refractivity contribution < 1.29 is 13.7 Å². The van der Waals surface area contributed by atoms with Crippen LogP contribution in [0.25, 0.3) is 116 Å². The van der Waals surface area contributed by atoms with E-state index in [2.05, 4.69) is 187 Å². The Morgan fingerprint density at radius 2 is 1.02 bits per heavy atom. The van der Waals surface area contributed by atoms with Crippen LogP contribution >= 0.6 is 0 Å². The van der Waals surface area contributed by atoms with Crippen molar-refractivity contribution in [3.63, 3.8) is 0 Å². The number of nitrogens with zero attached hydrogens (tertiary/aromatic N) is 2. The third-order valence-corrected chi connectivity index (χ3v) is 16.6. The number of anilines is 3. The molecular formula is C76H54BN3. The highest BCUT2D eigenvalue weighted by Gasteiger charge is 2.44. The number of rotatable bonds is 7. The van der Waals surface area contributed by atoms with Crippen molar-refractivity contribution >= 4 is 83.8 Å². The molecule has 12 aromatic carbocycles. The van der Waals surface area contributed by atoms with Gasteiger partial charge in [0.25, 0.3) is 6.71 Å². The van der Waals surface area contributed by atoms with Crippen LogP contribution in [0.3, 0.4) is 0 Å². The van der Waals surface area contributed by atoms with Gasteiger partial charge < -0.3 is 14.5 Å². The Morgan fingerprint density at radius 3 is 1.73 bits per heavy atom. The molecule has 0 saturated heterocycles. The van der Waals surface area contributed by atoms with Crippen LogP contribution in [0, 0.1) is 0 Å². The van der Waals surface area contributed by atoms with E-state index in [0.29, 0.717) is 16.8 Å². The molecule has 0 atom stereocenters. The zero-order chi connectivity index (χ0) is 61.9. The fraction of sp³-hybridized carbons (Fsp3) is 0.0526. The number of para-hydroxylation sites is 1. The third kappa shape index (κ3) is 7.08. The van der Waals surface area contributed by atoms with E-state index in [1.807, 2.05) is 54.6 Å². The molecule has 2 aliphatic rings. The first kappa shape index (κ1) is 37.0. The summed E-state index contributed by atoms with van der Waals surface area (Å²) in [5, 5.41) is 3.68. The molecule has 0 fully saturated rings. The van der Waals surface area contributed by atoms with Crippen molar-refractivity contribution in [1.82, 2.24) is 9.55 Å².